The molecule has 1 aromatic carbocycles. The lowest BCUT2D eigenvalue weighted by molar-refractivity contribution is -0.134. The van der Waals surface area contributed by atoms with Gasteiger partial charge in [-0.15, -0.1) is 0 Å². The van der Waals surface area contributed by atoms with Crippen LogP contribution in [0.5, 0.6) is 0 Å². The Bertz CT molecular complexity index is 918. The van der Waals surface area contributed by atoms with Crippen molar-refractivity contribution in [2.45, 2.75) is 39.0 Å². The third-order valence-corrected chi connectivity index (χ3v) is 6.22. The lowest BCUT2D eigenvalue weighted by atomic mass is 9.95. The van der Waals surface area contributed by atoms with E-state index in [0.29, 0.717) is 44.8 Å². The predicted octanol–water partition coefficient (Wildman–Crippen LogP) is 2.51. The minimum absolute atomic E-state index is 0.0615. The Morgan fingerprint density at radius 1 is 1.00 bits per heavy atom. The Morgan fingerprint density at radius 3 is 2.35 bits per heavy atom. The Balaban J connectivity index is 1.47. The van der Waals surface area contributed by atoms with Gasteiger partial charge in [0.15, 0.2) is 0 Å². The number of piperidine rings is 1. The largest absolute Gasteiger partial charge is 0.378 e. The Labute approximate surface area is 183 Å². The highest BCUT2D eigenvalue weighted by atomic mass is 16.5. The lowest BCUT2D eigenvalue weighted by Gasteiger charge is -2.32. The molecule has 0 radical (unpaired) electrons. The van der Waals surface area contributed by atoms with Crippen LogP contribution in [0.1, 0.15) is 51.9 Å². The van der Waals surface area contributed by atoms with Crippen molar-refractivity contribution in [1.29, 1.82) is 0 Å². The average molecular weight is 423 g/mol. The number of rotatable bonds is 4. The molecule has 3 heterocycles. The summed E-state index contributed by atoms with van der Waals surface area (Å²) in [6.45, 7) is 7.77. The molecule has 2 saturated heterocycles. The number of aryl methyl sites for hydroxylation is 2. The summed E-state index contributed by atoms with van der Waals surface area (Å²) >= 11 is 0. The molecular weight excluding hydrogens is 392 g/mol. The average Bonchev–Trinajstić information content (AvgIpc) is 2.82. The third kappa shape index (κ3) is 4.93. The molecule has 0 saturated carbocycles. The molecule has 0 bridgehead atoms. The first-order valence-corrected chi connectivity index (χ1v) is 11.1. The fraction of sp³-hybridized carbons (Fsp3) is 0.500. The first-order chi connectivity index (χ1) is 15.0. The zero-order valence-electron chi connectivity index (χ0n) is 18.3. The quantitative estimate of drug-likeness (QED) is 0.757. The highest BCUT2D eigenvalue weighted by Gasteiger charge is 2.28. The molecule has 164 valence electrons. The number of carbonyl (C=O) groups excluding carboxylic acids is 2. The molecule has 31 heavy (non-hydrogen) atoms. The van der Waals surface area contributed by atoms with Crippen molar-refractivity contribution >= 4 is 11.8 Å². The van der Waals surface area contributed by atoms with Gasteiger partial charge >= 0.3 is 0 Å². The molecule has 2 aliphatic heterocycles. The topological polar surface area (TPSA) is 75.6 Å². The van der Waals surface area contributed by atoms with E-state index in [4.69, 9.17) is 14.7 Å². The van der Waals surface area contributed by atoms with Crippen LogP contribution in [-0.2, 0) is 16.0 Å². The summed E-state index contributed by atoms with van der Waals surface area (Å²) in [4.78, 5) is 38.9. The van der Waals surface area contributed by atoms with Gasteiger partial charge in [-0.2, -0.15) is 0 Å². The van der Waals surface area contributed by atoms with Crippen LogP contribution in [0.3, 0.4) is 0 Å². The minimum Gasteiger partial charge on any atom is -0.378 e. The molecule has 2 aromatic rings. The molecule has 1 unspecified atom stereocenters. The van der Waals surface area contributed by atoms with Gasteiger partial charge in [0.05, 0.1) is 19.6 Å². The second-order valence-electron chi connectivity index (χ2n) is 8.36. The summed E-state index contributed by atoms with van der Waals surface area (Å²) in [6, 6.07) is 9.41. The van der Waals surface area contributed by atoms with Crippen LogP contribution in [0.2, 0.25) is 0 Å². The standard InChI is InChI=1S/C24H30N4O3/c1-17-21(15-22(29)27-11-13-31-14-12-27)18(2)26-23(25-17)20-9-6-10-28(16-20)24(30)19-7-4-3-5-8-19/h3-5,7-8,20H,6,9-16H2,1-2H3. The number of aromatic nitrogens is 2. The SMILES string of the molecule is Cc1nc(C2CCCN(C(=O)c3ccccc3)C2)nc(C)c1CC(=O)N1CCOCC1. The van der Waals surface area contributed by atoms with E-state index in [1.165, 1.54) is 0 Å². The molecule has 0 N–H and O–H groups in total. The number of benzene rings is 1. The highest BCUT2D eigenvalue weighted by Crippen LogP contribution is 2.27. The van der Waals surface area contributed by atoms with Crippen LogP contribution in [0, 0.1) is 13.8 Å². The number of nitrogens with zero attached hydrogens (tertiary/aromatic N) is 4. The van der Waals surface area contributed by atoms with Gasteiger partial charge in [-0.3, -0.25) is 9.59 Å². The van der Waals surface area contributed by atoms with E-state index in [1.807, 2.05) is 54.0 Å². The highest BCUT2D eigenvalue weighted by molar-refractivity contribution is 5.94. The molecule has 1 atom stereocenters. The number of hydrogen-bond donors (Lipinski definition) is 0. The monoisotopic (exact) mass is 422 g/mol. The van der Waals surface area contributed by atoms with Crippen LogP contribution in [0.25, 0.3) is 0 Å². The van der Waals surface area contributed by atoms with Crippen molar-refractivity contribution in [3.05, 3.63) is 58.7 Å². The Morgan fingerprint density at radius 2 is 1.68 bits per heavy atom. The third-order valence-electron chi connectivity index (χ3n) is 6.22. The lowest BCUT2D eigenvalue weighted by Crippen LogP contribution is -2.41. The first-order valence-electron chi connectivity index (χ1n) is 11.1. The van der Waals surface area contributed by atoms with Gasteiger partial charge in [-0.05, 0) is 38.8 Å². The minimum atomic E-state index is 0.0615. The molecule has 7 nitrogen and oxygen atoms in total. The zero-order valence-corrected chi connectivity index (χ0v) is 18.3. The number of carbonyl (C=O) groups is 2. The van der Waals surface area contributed by atoms with Gasteiger partial charge in [0.25, 0.3) is 5.91 Å². The second-order valence-corrected chi connectivity index (χ2v) is 8.36. The van der Waals surface area contributed by atoms with Gasteiger partial charge in [-0.25, -0.2) is 9.97 Å². The second kappa shape index (κ2) is 9.56. The van der Waals surface area contributed by atoms with Crippen molar-refractivity contribution in [1.82, 2.24) is 19.8 Å². The summed E-state index contributed by atoms with van der Waals surface area (Å²) in [5.41, 5.74) is 3.34. The number of likely N-dealkylation sites (tertiary alicyclic amines) is 1. The molecular formula is C24H30N4O3. The van der Waals surface area contributed by atoms with E-state index in [-0.39, 0.29) is 17.7 Å². The van der Waals surface area contributed by atoms with E-state index in [1.54, 1.807) is 0 Å². The van der Waals surface area contributed by atoms with E-state index in [2.05, 4.69) is 0 Å². The Kier molecular flexibility index (Phi) is 6.61. The van der Waals surface area contributed by atoms with Gasteiger partial charge in [0.2, 0.25) is 5.91 Å². The molecule has 4 rings (SSSR count). The van der Waals surface area contributed by atoms with E-state index < -0.39 is 0 Å². The number of morpholine rings is 1. The predicted molar refractivity (Wildman–Crippen MR) is 117 cm³/mol. The van der Waals surface area contributed by atoms with E-state index in [9.17, 15) is 9.59 Å². The van der Waals surface area contributed by atoms with Crippen molar-refractivity contribution in [2.75, 3.05) is 39.4 Å². The summed E-state index contributed by atoms with van der Waals surface area (Å²) in [6.07, 6.45) is 2.21. The number of ether oxygens (including phenoxy) is 1. The summed E-state index contributed by atoms with van der Waals surface area (Å²) in [5, 5.41) is 0. The molecule has 0 spiro atoms. The van der Waals surface area contributed by atoms with Crippen molar-refractivity contribution in [3.8, 4) is 0 Å². The maximum atomic E-state index is 12.9. The summed E-state index contributed by atoms with van der Waals surface area (Å²) in [7, 11) is 0. The van der Waals surface area contributed by atoms with Crippen LogP contribution in [0.4, 0.5) is 0 Å². The molecule has 7 heteroatoms. The van der Waals surface area contributed by atoms with Gasteiger partial charge in [-0.1, -0.05) is 18.2 Å². The molecule has 2 fully saturated rings. The van der Waals surface area contributed by atoms with Crippen LogP contribution < -0.4 is 0 Å². The van der Waals surface area contributed by atoms with E-state index in [0.717, 1.165) is 42.2 Å². The maximum Gasteiger partial charge on any atom is 0.253 e. The zero-order chi connectivity index (χ0) is 21.8. The van der Waals surface area contributed by atoms with Crippen molar-refractivity contribution in [3.63, 3.8) is 0 Å². The van der Waals surface area contributed by atoms with E-state index >= 15 is 0 Å². The normalized spacial score (nSPS) is 19.4. The molecule has 0 aliphatic carbocycles. The maximum absolute atomic E-state index is 12.9. The van der Waals surface area contributed by atoms with Crippen molar-refractivity contribution in [2.24, 2.45) is 0 Å². The smallest absolute Gasteiger partial charge is 0.253 e. The molecule has 1 aromatic heterocycles. The van der Waals surface area contributed by atoms with Gasteiger partial charge in [0, 0.05) is 54.6 Å². The Hall–Kier alpha value is -2.80. The van der Waals surface area contributed by atoms with Gasteiger partial charge in [0.1, 0.15) is 5.82 Å². The first kappa shape index (κ1) is 21.4. The van der Waals surface area contributed by atoms with Crippen molar-refractivity contribution < 1.29 is 14.3 Å². The summed E-state index contributed by atoms with van der Waals surface area (Å²) in [5.74, 6) is 1.06. The van der Waals surface area contributed by atoms with Crippen LogP contribution in [0.15, 0.2) is 30.3 Å². The van der Waals surface area contributed by atoms with Gasteiger partial charge < -0.3 is 14.5 Å². The van der Waals surface area contributed by atoms with Crippen LogP contribution in [-0.4, -0.2) is 71.0 Å². The number of hydrogen-bond acceptors (Lipinski definition) is 5. The summed E-state index contributed by atoms with van der Waals surface area (Å²) < 4.78 is 5.34. The van der Waals surface area contributed by atoms with Crippen LogP contribution >= 0.6 is 0 Å². The molecule has 2 aliphatic rings. The number of amides is 2. The fourth-order valence-electron chi connectivity index (χ4n) is 4.42. The fourth-order valence-corrected chi connectivity index (χ4v) is 4.42. The molecule has 2 amide bonds.